The van der Waals surface area contributed by atoms with Gasteiger partial charge < -0.3 is 29.6 Å². The lowest BCUT2D eigenvalue weighted by molar-refractivity contribution is -0.129. The molecule has 316 valence electrons. The SMILES string of the molecule is COc1cc2c(cc1OCC1=CC(NC(=O)[C@H](C)NC(=O)[C@@H](C)NN)=CC1Oc1cc3c(cc1OC)C(=O)N1c4ccccc4C[C@H]1C=N3)N=C[C@@H]1Cc3ccccc3N1C2=O. The van der Waals surface area contributed by atoms with Crippen LogP contribution < -0.4 is 50.6 Å². The molecule has 9 rings (SSSR count). The highest BCUT2D eigenvalue weighted by molar-refractivity contribution is 6.16. The minimum Gasteiger partial charge on any atom is -0.493 e. The summed E-state index contributed by atoms with van der Waals surface area (Å²) in [6, 6.07) is 20.1. The van der Waals surface area contributed by atoms with Gasteiger partial charge in [0.25, 0.3) is 11.8 Å². The molecular formula is C46H44N8O8. The van der Waals surface area contributed by atoms with E-state index in [9.17, 15) is 19.2 Å². The van der Waals surface area contributed by atoms with Crippen molar-refractivity contribution in [2.45, 2.75) is 57.0 Å². The van der Waals surface area contributed by atoms with Crippen LogP contribution in [0.15, 0.2) is 106 Å². The molecule has 0 saturated carbocycles. The Morgan fingerprint density at radius 3 is 1.87 bits per heavy atom. The fraction of sp³-hybridized carbons (Fsp3) is 0.261. The summed E-state index contributed by atoms with van der Waals surface area (Å²) in [5.41, 5.74) is 8.75. The quantitative estimate of drug-likeness (QED) is 0.117. The number of ether oxygens (including phenoxy) is 4. The first kappa shape index (κ1) is 40.1. The Morgan fingerprint density at radius 1 is 0.758 bits per heavy atom. The van der Waals surface area contributed by atoms with E-state index in [1.807, 2.05) is 48.5 Å². The van der Waals surface area contributed by atoms with Crippen molar-refractivity contribution in [2.75, 3.05) is 30.6 Å². The van der Waals surface area contributed by atoms with E-state index in [1.54, 1.807) is 72.5 Å². The molecule has 4 heterocycles. The number of para-hydroxylation sites is 2. The summed E-state index contributed by atoms with van der Waals surface area (Å²) >= 11 is 0. The van der Waals surface area contributed by atoms with Crippen LogP contribution in [0.3, 0.4) is 0 Å². The number of aliphatic imine (C=N–C) groups is 2. The molecule has 5 aliphatic rings. The van der Waals surface area contributed by atoms with Crippen molar-refractivity contribution < 1.29 is 38.1 Å². The number of carbonyl (C=O) groups is 4. The zero-order valence-corrected chi connectivity index (χ0v) is 34.4. The van der Waals surface area contributed by atoms with E-state index in [0.29, 0.717) is 69.6 Å². The average Bonchev–Trinajstić information content (AvgIpc) is 3.92. The van der Waals surface area contributed by atoms with Gasteiger partial charge in [0.1, 0.15) is 18.8 Å². The number of hydrogen-bond donors (Lipinski definition) is 4. The fourth-order valence-corrected chi connectivity index (χ4v) is 8.30. The summed E-state index contributed by atoms with van der Waals surface area (Å²) in [6.45, 7) is 3.07. The molecule has 16 nitrogen and oxygen atoms in total. The van der Waals surface area contributed by atoms with Crippen LogP contribution in [0.1, 0.15) is 45.7 Å². The molecule has 0 fully saturated rings. The number of anilines is 2. The standard InChI is InChI=1S/C46H44N8O8/c1-24(50-44(56)25(2)52-47)43(55)51-29-13-28(23-61-41-19-34-32(17-39(41)59-3)45(57)53-30(21-48-34)14-26-9-5-7-11-36(26)53)38(16-29)62-42-20-35-33(18-40(42)60-4)46(58)54-31(22-49-35)15-27-10-6-8-12-37(27)54/h5-13,16-22,24-25,30-31,38,52H,14-15,23,47H2,1-4H3,(H,50,56)(H,51,55)/t24-,25+,30-,31-,38?/m0/s1. The molecule has 4 aliphatic heterocycles. The minimum absolute atomic E-state index is 0.0542. The number of hydrogen-bond acceptors (Lipinski definition) is 12. The summed E-state index contributed by atoms with van der Waals surface area (Å²) in [7, 11) is 2.98. The maximum absolute atomic E-state index is 14.1. The molecule has 0 spiro atoms. The Kier molecular flexibility index (Phi) is 10.5. The fourth-order valence-electron chi connectivity index (χ4n) is 8.30. The summed E-state index contributed by atoms with van der Waals surface area (Å²) in [4.78, 5) is 66.9. The van der Waals surface area contributed by atoms with Gasteiger partial charge in [-0.1, -0.05) is 36.4 Å². The van der Waals surface area contributed by atoms with Gasteiger partial charge in [0.15, 0.2) is 23.0 Å². The second-order valence-corrected chi connectivity index (χ2v) is 15.5. The summed E-state index contributed by atoms with van der Waals surface area (Å²) < 4.78 is 24.6. The van der Waals surface area contributed by atoms with Gasteiger partial charge in [0.2, 0.25) is 11.8 Å². The molecular weight excluding hydrogens is 793 g/mol. The molecule has 1 aliphatic carbocycles. The van der Waals surface area contributed by atoms with Gasteiger partial charge >= 0.3 is 0 Å². The van der Waals surface area contributed by atoms with Crippen molar-refractivity contribution in [3.05, 3.63) is 118 Å². The number of fused-ring (bicyclic) bond motifs is 8. The van der Waals surface area contributed by atoms with Gasteiger partial charge in [-0.25, -0.2) is 5.43 Å². The van der Waals surface area contributed by atoms with Gasteiger partial charge in [0, 0.05) is 60.0 Å². The van der Waals surface area contributed by atoms with Crippen LogP contribution in [-0.2, 0) is 22.4 Å². The molecule has 5 N–H and O–H groups in total. The number of amides is 4. The van der Waals surface area contributed by atoms with Gasteiger partial charge in [-0.15, -0.1) is 0 Å². The van der Waals surface area contributed by atoms with E-state index in [-0.39, 0.29) is 30.5 Å². The summed E-state index contributed by atoms with van der Waals surface area (Å²) in [5.74, 6) is 5.30. The normalized spacial score (nSPS) is 19.9. The largest absolute Gasteiger partial charge is 0.493 e. The molecule has 0 bridgehead atoms. The smallest absolute Gasteiger partial charge is 0.261 e. The molecule has 62 heavy (non-hydrogen) atoms. The van der Waals surface area contributed by atoms with Crippen LogP contribution >= 0.6 is 0 Å². The van der Waals surface area contributed by atoms with Crippen molar-refractivity contribution in [2.24, 2.45) is 15.8 Å². The van der Waals surface area contributed by atoms with E-state index < -0.39 is 30.0 Å². The second kappa shape index (κ2) is 16.3. The highest BCUT2D eigenvalue weighted by atomic mass is 16.5. The topological polar surface area (TPSA) is 199 Å². The number of rotatable bonds is 12. The third kappa shape index (κ3) is 7.22. The Morgan fingerprint density at radius 2 is 1.31 bits per heavy atom. The lowest BCUT2D eigenvalue weighted by atomic mass is 10.1. The average molecular weight is 837 g/mol. The predicted molar refractivity (Wildman–Crippen MR) is 232 cm³/mol. The summed E-state index contributed by atoms with van der Waals surface area (Å²) in [5, 5.41) is 5.50. The van der Waals surface area contributed by atoms with Crippen molar-refractivity contribution in [1.82, 2.24) is 16.1 Å². The van der Waals surface area contributed by atoms with Crippen molar-refractivity contribution in [3.63, 3.8) is 0 Å². The first-order valence-electron chi connectivity index (χ1n) is 20.2. The monoisotopic (exact) mass is 836 g/mol. The summed E-state index contributed by atoms with van der Waals surface area (Å²) in [6.07, 6.45) is 7.46. The van der Waals surface area contributed by atoms with Crippen LogP contribution in [0, 0.1) is 0 Å². The highest BCUT2D eigenvalue weighted by Gasteiger charge is 2.38. The van der Waals surface area contributed by atoms with E-state index in [0.717, 1.165) is 22.5 Å². The molecule has 5 atom stereocenters. The zero-order valence-electron chi connectivity index (χ0n) is 34.4. The van der Waals surface area contributed by atoms with Crippen LogP contribution in [0.4, 0.5) is 22.7 Å². The van der Waals surface area contributed by atoms with E-state index in [4.69, 9.17) is 34.8 Å². The van der Waals surface area contributed by atoms with Gasteiger partial charge in [0.05, 0.1) is 54.8 Å². The predicted octanol–water partition coefficient (Wildman–Crippen LogP) is 4.40. The lowest BCUT2D eigenvalue weighted by Crippen LogP contribution is -2.51. The number of hydrazine groups is 1. The van der Waals surface area contributed by atoms with Crippen LogP contribution in [0.5, 0.6) is 23.0 Å². The lowest BCUT2D eigenvalue weighted by Gasteiger charge is -2.23. The molecule has 1 unspecified atom stereocenters. The van der Waals surface area contributed by atoms with E-state index in [2.05, 4.69) is 16.1 Å². The Bertz CT molecular complexity index is 2660. The van der Waals surface area contributed by atoms with Gasteiger partial charge in [-0.2, -0.15) is 0 Å². The molecule has 0 saturated heterocycles. The number of benzene rings is 4. The van der Waals surface area contributed by atoms with Crippen molar-refractivity contribution in [3.8, 4) is 23.0 Å². The Labute approximate surface area is 357 Å². The number of methoxy groups -OCH3 is 2. The maximum Gasteiger partial charge on any atom is 0.261 e. The third-order valence-corrected chi connectivity index (χ3v) is 11.6. The third-order valence-electron chi connectivity index (χ3n) is 11.6. The van der Waals surface area contributed by atoms with Crippen LogP contribution in [-0.4, -0.2) is 87.2 Å². The van der Waals surface area contributed by atoms with E-state index >= 15 is 0 Å². The molecule has 16 heteroatoms. The molecule has 4 aromatic carbocycles. The molecule has 4 amide bonds. The molecule has 0 radical (unpaired) electrons. The van der Waals surface area contributed by atoms with Gasteiger partial charge in [-0.3, -0.25) is 44.8 Å². The second-order valence-electron chi connectivity index (χ2n) is 15.5. The van der Waals surface area contributed by atoms with E-state index in [1.165, 1.54) is 14.2 Å². The molecule has 4 aromatic rings. The number of nitrogens with zero attached hydrogens (tertiary/aromatic N) is 4. The number of carbonyl (C=O) groups excluding carboxylic acids is 4. The number of nitrogens with two attached hydrogens (primary N) is 1. The Balaban J connectivity index is 0.999. The first-order valence-corrected chi connectivity index (χ1v) is 20.2. The number of allylic oxidation sites excluding steroid dienone is 1. The minimum atomic E-state index is -0.911. The highest BCUT2D eigenvalue weighted by Crippen LogP contribution is 2.44. The zero-order chi connectivity index (χ0) is 43.2. The Hall–Kier alpha value is -7.30. The van der Waals surface area contributed by atoms with Gasteiger partial charge in [-0.05, 0) is 61.4 Å². The van der Waals surface area contributed by atoms with Crippen molar-refractivity contribution >= 4 is 58.8 Å². The number of nitrogens with one attached hydrogen (secondary N) is 3. The van der Waals surface area contributed by atoms with Crippen molar-refractivity contribution in [1.29, 1.82) is 0 Å². The maximum atomic E-state index is 14.1. The molecule has 0 aromatic heterocycles. The first-order chi connectivity index (χ1) is 30.0. The van der Waals surface area contributed by atoms with Crippen LogP contribution in [0.25, 0.3) is 0 Å². The van der Waals surface area contributed by atoms with Crippen LogP contribution in [0.2, 0.25) is 0 Å².